The number of hydrogen-bond acceptors (Lipinski definition) is 3. The van der Waals surface area contributed by atoms with E-state index in [-0.39, 0.29) is 24.4 Å². The van der Waals surface area contributed by atoms with Crippen LogP contribution in [0.5, 0.6) is 5.75 Å². The van der Waals surface area contributed by atoms with Gasteiger partial charge in [0.15, 0.2) is 6.10 Å². The van der Waals surface area contributed by atoms with Crippen LogP contribution in [-0.2, 0) is 6.54 Å². The number of ether oxygens (including phenoxy) is 1. The van der Waals surface area contributed by atoms with Crippen LogP contribution in [0.1, 0.15) is 52.1 Å². The molecule has 1 heterocycles. The lowest BCUT2D eigenvalue weighted by atomic mass is 10.1. The summed E-state index contributed by atoms with van der Waals surface area (Å²) in [7, 11) is 0. The summed E-state index contributed by atoms with van der Waals surface area (Å²) >= 11 is 0. The number of nitrogens with zero attached hydrogens (tertiary/aromatic N) is 1. The summed E-state index contributed by atoms with van der Waals surface area (Å²) in [5, 5.41) is 5.46. The predicted octanol–water partition coefficient (Wildman–Crippen LogP) is 4.18. The molecule has 0 aromatic carbocycles. The van der Waals surface area contributed by atoms with Gasteiger partial charge >= 0.3 is 12.2 Å². The van der Waals surface area contributed by atoms with Crippen molar-refractivity contribution in [2.75, 3.05) is 0 Å². The SMILES string of the molecule is CCCCCC(C)NC(=O)NCc1cc(OC(C)C(F)(F)F)ccn1. The maximum atomic E-state index is 12.5. The largest absolute Gasteiger partial charge is 0.481 e. The van der Waals surface area contributed by atoms with E-state index in [4.69, 9.17) is 4.74 Å². The summed E-state index contributed by atoms with van der Waals surface area (Å²) < 4.78 is 42.4. The Bertz CT molecular complexity index is 538. The summed E-state index contributed by atoms with van der Waals surface area (Å²) in [6.07, 6.45) is -0.802. The highest BCUT2D eigenvalue weighted by Crippen LogP contribution is 2.24. The number of amides is 2. The topological polar surface area (TPSA) is 63.2 Å². The van der Waals surface area contributed by atoms with E-state index in [0.29, 0.717) is 5.69 Å². The fraction of sp³-hybridized carbons (Fsp3) is 0.647. The van der Waals surface area contributed by atoms with Gasteiger partial charge in [0.1, 0.15) is 5.75 Å². The second-order valence-corrected chi connectivity index (χ2v) is 6.01. The second-order valence-electron chi connectivity index (χ2n) is 6.01. The summed E-state index contributed by atoms with van der Waals surface area (Å²) in [6.45, 7) is 5.09. The highest BCUT2D eigenvalue weighted by molar-refractivity contribution is 5.74. The summed E-state index contributed by atoms with van der Waals surface area (Å²) in [5.41, 5.74) is 0.417. The molecule has 5 nitrogen and oxygen atoms in total. The number of carbonyl (C=O) groups is 1. The molecular weight excluding hydrogens is 335 g/mol. The van der Waals surface area contributed by atoms with E-state index < -0.39 is 12.3 Å². The van der Waals surface area contributed by atoms with E-state index in [1.165, 1.54) is 18.3 Å². The molecule has 142 valence electrons. The minimum absolute atomic E-state index is 0.0572. The van der Waals surface area contributed by atoms with Crippen molar-refractivity contribution in [2.24, 2.45) is 0 Å². The molecule has 2 unspecified atom stereocenters. The first kappa shape index (κ1) is 21.1. The fourth-order valence-electron chi connectivity index (χ4n) is 2.12. The van der Waals surface area contributed by atoms with E-state index in [9.17, 15) is 18.0 Å². The van der Waals surface area contributed by atoms with Crippen molar-refractivity contribution in [3.05, 3.63) is 24.0 Å². The molecule has 1 aromatic heterocycles. The van der Waals surface area contributed by atoms with Crippen LogP contribution in [0.2, 0.25) is 0 Å². The number of urea groups is 1. The van der Waals surface area contributed by atoms with Crippen LogP contribution in [0.4, 0.5) is 18.0 Å². The number of alkyl halides is 3. The molecule has 0 saturated heterocycles. The zero-order chi connectivity index (χ0) is 18.9. The second kappa shape index (κ2) is 10.1. The normalized spacial score (nSPS) is 13.8. The van der Waals surface area contributed by atoms with E-state index in [2.05, 4.69) is 22.5 Å². The molecule has 0 radical (unpaired) electrons. The molecule has 1 rings (SSSR count). The molecule has 2 N–H and O–H groups in total. The van der Waals surface area contributed by atoms with Gasteiger partial charge in [-0.3, -0.25) is 4.98 Å². The third-order valence-electron chi connectivity index (χ3n) is 3.61. The molecule has 8 heteroatoms. The number of unbranched alkanes of at least 4 members (excludes halogenated alkanes) is 2. The standard InChI is InChI=1S/C17H26F3N3O2/c1-4-5-6-7-12(2)23-16(24)22-11-14-10-15(8-9-21-14)25-13(3)17(18,19)20/h8-10,12-13H,4-7,11H2,1-3H3,(H2,22,23,24). The number of rotatable bonds is 9. The number of pyridine rings is 1. The van der Waals surface area contributed by atoms with Gasteiger partial charge in [0, 0.05) is 18.3 Å². The van der Waals surface area contributed by atoms with E-state index in [0.717, 1.165) is 32.6 Å². The molecule has 0 aliphatic heterocycles. The lowest BCUT2D eigenvalue weighted by Gasteiger charge is -2.18. The Morgan fingerprint density at radius 3 is 2.68 bits per heavy atom. The summed E-state index contributed by atoms with van der Waals surface area (Å²) in [4.78, 5) is 15.8. The Morgan fingerprint density at radius 2 is 2.04 bits per heavy atom. The maximum Gasteiger partial charge on any atom is 0.425 e. The number of hydrogen-bond donors (Lipinski definition) is 2. The minimum atomic E-state index is -4.44. The van der Waals surface area contributed by atoms with E-state index >= 15 is 0 Å². The predicted molar refractivity (Wildman–Crippen MR) is 89.4 cm³/mol. The Balaban J connectivity index is 2.44. The lowest BCUT2D eigenvalue weighted by Crippen LogP contribution is -2.40. The fourth-order valence-corrected chi connectivity index (χ4v) is 2.12. The smallest absolute Gasteiger partial charge is 0.425 e. The highest BCUT2D eigenvalue weighted by atomic mass is 19.4. The van der Waals surface area contributed by atoms with Gasteiger partial charge in [-0.15, -0.1) is 0 Å². The van der Waals surface area contributed by atoms with E-state index in [1.807, 2.05) is 6.92 Å². The van der Waals surface area contributed by atoms with Crippen molar-refractivity contribution in [1.82, 2.24) is 15.6 Å². The number of aromatic nitrogens is 1. The average Bonchev–Trinajstić information content (AvgIpc) is 2.52. The quantitative estimate of drug-likeness (QED) is 0.649. The highest BCUT2D eigenvalue weighted by Gasteiger charge is 2.38. The lowest BCUT2D eigenvalue weighted by molar-refractivity contribution is -0.189. The van der Waals surface area contributed by atoms with Gasteiger partial charge < -0.3 is 15.4 Å². The number of halogens is 3. The average molecular weight is 361 g/mol. The number of carbonyl (C=O) groups excluding carboxylic acids is 1. The van der Waals surface area contributed by atoms with Crippen molar-refractivity contribution < 1.29 is 22.7 Å². The molecule has 0 bridgehead atoms. The zero-order valence-corrected chi connectivity index (χ0v) is 14.8. The van der Waals surface area contributed by atoms with Gasteiger partial charge in [-0.1, -0.05) is 26.2 Å². The Kier molecular flexibility index (Phi) is 8.51. The van der Waals surface area contributed by atoms with Crippen molar-refractivity contribution in [3.8, 4) is 5.75 Å². The third kappa shape index (κ3) is 8.60. The Hall–Kier alpha value is -1.99. The van der Waals surface area contributed by atoms with Gasteiger partial charge in [-0.2, -0.15) is 13.2 Å². The van der Waals surface area contributed by atoms with Crippen LogP contribution in [0.25, 0.3) is 0 Å². The third-order valence-corrected chi connectivity index (χ3v) is 3.61. The molecule has 2 atom stereocenters. The van der Waals surface area contributed by atoms with Gasteiger partial charge in [0.2, 0.25) is 0 Å². The van der Waals surface area contributed by atoms with Gasteiger partial charge in [0.05, 0.1) is 12.2 Å². The van der Waals surface area contributed by atoms with Crippen LogP contribution >= 0.6 is 0 Å². The Morgan fingerprint density at radius 1 is 1.32 bits per heavy atom. The minimum Gasteiger partial charge on any atom is -0.481 e. The first-order valence-electron chi connectivity index (χ1n) is 8.45. The number of nitrogens with one attached hydrogen (secondary N) is 2. The molecule has 1 aromatic rings. The summed E-state index contributed by atoms with van der Waals surface area (Å²) in [5.74, 6) is 0.0602. The molecule has 0 aliphatic rings. The van der Waals surface area contributed by atoms with Crippen LogP contribution in [0.3, 0.4) is 0 Å². The first-order chi connectivity index (χ1) is 11.7. The molecule has 25 heavy (non-hydrogen) atoms. The van der Waals surface area contributed by atoms with Gasteiger partial charge in [-0.05, 0) is 26.3 Å². The van der Waals surface area contributed by atoms with Gasteiger partial charge in [-0.25, -0.2) is 4.79 Å². The monoisotopic (exact) mass is 361 g/mol. The molecule has 0 saturated carbocycles. The molecule has 2 amide bonds. The summed E-state index contributed by atoms with van der Waals surface area (Å²) in [6, 6.07) is 2.46. The van der Waals surface area contributed by atoms with Crippen LogP contribution in [0, 0.1) is 0 Å². The van der Waals surface area contributed by atoms with Crippen LogP contribution < -0.4 is 15.4 Å². The van der Waals surface area contributed by atoms with Crippen molar-refractivity contribution >= 4 is 6.03 Å². The van der Waals surface area contributed by atoms with Crippen molar-refractivity contribution in [2.45, 2.75) is 71.3 Å². The molecular formula is C17H26F3N3O2. The first-order valence-corrected chi connectivity index (χ1v) is 8.45. The zero-order valence-electron chi connectivity index (χ0n) is 14.8. The van der Waals surface area contributed by atoms with Crippen molar-refractivity contribution in [3.63, 3.8) is 0 Å². The van der Waals surface area contributed by atoms with Crippen molar-refractivity contribution in [1.29, 1.82) is 0 Å². The maximum absolute atomic E-state index is 12.5. The van der Waals surface area contributed by atoms with E-state index in [1.54, 1.807) is 0 Å². The van der Waals surface area contributed by atoms with Gasteiger partial charge in [0.25, 0.3) is 0 Å². The molecule has 0 spiro atoms. The van der Waals surface area contributed by atoms with Crippen LogP contribution in [-0.4, -0.2) is 29.3 Å². The van der Waals surface area contributed by atoms with Crippen LogP contribution in [0.15, 0.2) is 18.3 Å². The molecule has 0 aliphatic carbocycles. The Labute approximate surface area is 146 Å². The molecule has 0 fully saturated rings.